The molecule has 7 nitrogen and oxygen atoms in total. The van der Waals surface area contributed by atoms with E-state index in [-0.39, 0.29) is 24.9 Å². The van der Waals surface area contributed by atoms with Crippen LogP contribution in [0.5, 0.6) is 0 Å². The highest BCUT2D eigenvalue weighted by molar-refractivity contribution is 7.17. The lowest BCUT2D eigenvalue weighted by atomic mass is 9.96. The number of nitrogens with zero attached hydrogens (tertiary/aromatic N) is 2. The van der Waals surface area contributed by atoms with Gasteiger partial charge in [0.05, 0.1) is 35.5 Å². The van der Waals surface area contributed by atoms with E-state index in [1.165, 1.54) is 17.5 Å². The third-order valence-electron chi connectivity index (χ3n) is 5.86. The molecular formula is C26H24N4O3S. The van der Waals surface area contributed by atoms with Gasteiger partial charge in [0, 0.05) is 27.4 Å². The molecule has 0 bridgehead atoms. The Morgan fingerprint density at radius 2 is 1.82 bits per heavy atom. The van der Waals surface area contributed by atoms with Crippen molar-refractivity contribution >= 4 is 50.4 Å². The fourth-order valence-electron chi connectivity index (χ4n) is 4.06. The Balaban J connectivity index is 1.48. The van der Waals surface area contributed by atoms with E-state index in [2.05, 4.69) is 15.6 Å². The van der Waals surface area contributed by atoms with E-state index in [9.17, 15) is 14.7 Å². The van der Waals surface area contributed by atoms with Crippen LogP contribution in [0.3, 0.4) is 0 Å². The fourth-order valence-corrected chi connectivity index (χ4v) is 5.00. The summed E-state index contributed by atoms with van der Waals surface area (Å²) in [5, 5.41) is 18.9. The van der Waals surface area contributed by atoms with Gasteiger partial charge in [0.2, 0.25) is 0 Å². The molecule has 1 aliphatic rings. The number of para-hydroxylation sites is 1. The van der Waals surface area contributed by atoms with Crippen LogP contribution in [-0.2, 0) is 0 Å². The molecule has 0 radical (unpaired) electrons. The highest BCUT2D eigenvalue weighted by Gasteiger charge is 2.39. The summed E-state index contributed by atoms with van der Waals surface area (Å²) in [5.41, 5.74) is 2.32. The predicted molar refractivity (Wildman–Crippen MR) is 135 cm³/mol. The Kier molecular flexibility index (Phi) is 5.55. The van der Waals surface area contributed by atoms with Gasteiger partial charge < -0.3 is 20.6 Å². The number of benzene rings is 2. The standard InChI is InChI=1S/C26H24N4O3S/c1-16-7-3-5-9-20(16)28-23-21(11-17(12-27-23)25(32)30-14-26(2,33)15-30)29-24(31)19-13-34-22-10-6-4-8-18(19)22/h3-13,33H,14-15H2,1-2H3,(H,27,28)(H,29,31). The normalized spacial score (nSPS) is 14.5. The van der Waals surface area contributed by atoms with Gasteiger partial charge in [-0.25, -0.2) is 4.98 Å². The SMILES string of the molecule is Cc1ccccc1Nc1ncc(C(=O)N2CC(C)(O)C2)cc1NC(=O)c1csc2ccccc12. The third-order valence-corrected chi connectivity index (χ3v) is 6.82. The molecule has 1 aliphatic heterocycles. The molecule has 2 amide bonds. The summed E-state index contributed by atoms with van der Waals surface area (Å²) in [6.07, 6.45) is 1.49. The number of nitrogens with one attached hydrogen (secondary N) is 2. The van der Waals surface area contributed by atoms with Gasteiger partial charge in [-0.05, 0) is 37.6 Å². The predicted octanol–water partition coefficient (Wildman–Crippen LogP) is 4.81. The first-order valence-corrected chi connectivity index (χ1v) is 11.8. The van der Waals surface area contributed by atoms with E-state index < -0.39 is 5.60 Å². The summed E-state index contributed by atoms with van der Waals surface area (Å²) in [6, 6.07) is 17.1. The second-order valence-corrected chi connectivity index (χ2v) is 9.73. The number of pyridine rings is 1. The molecule has 3 N–H and O–H groups in total. The number of carbonyl (C=O) groups excluding carboxylic acids is 2. The molecule has 34 heavy (non-hydrogen) atoms. The monoisotopic (exact) mass is 472 g/mol. The molecule has 0 atom stereocenters. The minimum Gasteiger partial charge on any atom is -0.386 e. The number of anilines is 3. The van der Waals surface area contributed by atoms with Crippen molar-refractivity contribution < 1.29 is 14.7 Å². The van der Waals surface area contributed by atoms with Crippen molar-refractivity contribution in [1.29, 1.82) is 0 Å². The van der Waals surface area contributed by atoms with Crippen LogP contribution in [0.1, 0.15) is 33.2 Å². The number of hydrogen-bond acceptors (Lipinski definition) is 6. The first-order chi connectivity index (χ1) is 16.3. The lowest BCUT2D eigenvalue weighted by Gasteiger charge is -2.44. The van der Waals surface area contributed by atoms with E-state index in [0.717, 1.165) is 21.3 Å². The zero-order chi connectivity index (χ0) is 23.9. The summed E-state index contributed by atoms with van der Waals surface area (Å²) in [7, 11) is 0. The Morgan fingerprint density at radius 1 is 1.09 bits per heavy atom. The largest absolute Gasteiger partial charge is 0.386 e. The maximum atomic E-state index is 13.2. The molecule has 1 saturated heterocycles. The van der Waals surface area contributed by atoms with Crippen LogP contribution < -0.4 is 10.6 Å². The van der Waals surface area contributed by atoms with Crippen LogP contribution in [0.4, 0.5) is 17.2 Å². The lowest BCUT2D eigenvalue weighted by molar-refractivity contribution is -0.0668. The van der Waals surface area contributed by atoms with Crippen molar-refractivity contribution in [3.8, 4) is 0 Å². The topological polar surface area (TPSA) is 94.6 Å². The van der Waals surface area contributed by atoms with Gasteiger partial charge in [-0.1, -0.05) is 36.4 Å². The van der Waals surface area contributed by atoms with E-state index in [1.54, 1.807) is 17.9 Å². The Hall–Kier alpha value is -3.75. The molecule has 5 rings (SSSR count). The maximum Gasteiger partial charge on any atom is 0.257 e. The number of amides is 2. The second kappa shape index (κ2) is 8.55. The molecule has 0 spiro atoms. The van der Waals surface area contributed by atoms with Gasteiger partial charge in [0.15, 0.2) is 5.82 Å². The maximum absolute atomic E-state index is 13.2. The number of aryl methyl sites for hydroxylation is 1. The highest BCUT2D eigenvalue weighted by atomic mass is 32.1. The molecule has 4 aromatic rings. The van der Waals surface area contributed by atoms with Gasteiger partial charge in [0.1, 0.15) is 0 Å². The van der Waals surface area contributed by atoms with Crippen LogP contribution in [0, 0.1) is 6.92 Å². The summed E-state index contributed by atoms with van der Waals surface area (Å²) in [5.74, 6) is -0.0733. The van der Waals surface area contributed by atoms with Gasteiger partial charge in [-0.2, -0.15) is 0 Å². The zero-order valence-electron chi connectivity index (χ0n) is 18.8. The Bertz CT molecular complexity index is 1400. The van der Waals surface area contributed by atoms with Crippen molar-refractivity contribution in [2.24, 2.45) is 0 Å². The summed E-state index contributed by atoms with van der Waals surface area (Å²) in [4.78, 5) is 32.2. The second-order valence-electron chi connectivity index (χ2n) is 8.82. The molecule has 3 heterocycles. The number of aliphatic hydroxyl groups is 1. The third kappa shape index (κ3) is 4.25. The van der Waals surface area contributed by atoms with Crippen molar-refractivity contribution in [2.45, 2.75) is 19.4 Å². The fraction of sp³-hybridized carbons (Fsp3) is 0.192. The molecule has 2 aromatic heterocycles. The van der Waals surface area contributed by atoms with E-state index in [0.29, 0.717) is 22.6 Å². The Morgan fingerprint density at radius 3 is 2.59 bits per heavy atom. The minimum absolute atomic E-state index is 0.238. The van der Waals surface area contributed by atoms with Crippen molar-refractivity contribution in [1.82, 2.24) is 9.88 Å². The minimum atomic E-state index is -0.869. The van der Waals surface area contributed by atoms with E-state index in [4.69, 9.17) is 0 Å². The average Bonchev–Trinajstić information content (AvgIpc) is 3.24. The number of aromatic nitrogens is 1. The quantitative estimate of drug-likeness (QED) is 0.388. The van der Waals surface area contributed by atoms with Crippen molar-refractivity contribution in [3.05, 3.63) is 82.9 Å². The molecule has 172 valence electrons. The molecule has 0 aliphatic carbocycles. The number of thiophene rings is 1. The smallest absolute Gasteiger partial charge is 0.257 e. The molecule has 1 fully saturated rings. The van der Waals surface area contributed by atoms with Crippen LogP contribution in [-0.4, -0.2) is 45.5 Å². The number of fused-ring (bicyclic) bond motifs is 1. The lowest BCUT2D eigenvalue weighted by Crippen LogP contribution is -2.61. The van der Waals surface area contributed by atoms with Crippen LogP contribution in [0.15, 0.2) is 66.2 Å². The Labute approximate surface area is 201 Å². The van der Waals surface area contributed by atoms with Gasteiger partial charge in [-0.15, -0.1) is 11.3 Å². The van der Waals surface area contributed by atoms with Gasteiger partial charge in [-0.3, -0.25) is 9.59 Å². The summed E-state index contributed by atoms with van der Waals surface area (Å²) < 4.78 is 1.03. The molecule has 8 heteroatoms. The van der Waals surface area contributed by atoms with Crippen molar-refractivity contribution in [3.63, 3.8) is 0 Å². The van der Waals surface area contributed by atoms with Gasteiger partial charge in [0.25, 0.3) is 11.8 Å². The molecule has 0 unspecified atom stereocenters. The van der Waals surface area contributed by atoms with Crippen LogP contribution in [0.25, 0.3) is 10.1 Å². The number of likely N-dealkylation sites (tertiary alicyclic amines) is 1. The summed E-state index contributed by atoms with van der Waals surface area (Å²) >= 11 is 1.51. The summed E-state index contributed by atoms with van der Waals surface area (Å²) in [6.45, 7) is 4.20. The zero-order valence-corrected chi connectivity index (χ0v) is 19.6. The molecule has 2 aromatic carbocycles. The number of rotatable bonds is 5. The number of β-amino-alcohol motifs (C(OH)–C–C–N with tert-alkyl or cyclic N) is 1. The first kappa shape index (κ1) is 22.1. The molecular weight excluding hydrogens is 448 g/mol. The highest BCUT2D eigenvalue weighted by Crippen LogP contribution is 2.31. The number of carbonyl (C=O) groups is 2. The first-order valence-electron chi connectivity index (χ1n) is 10.9. The van der Waals surface area contributed by atoms with Crippen LogP contribution in [0.2, 0.25) is 0 Å². The molecule has 0 saturated carbocycles. The van der Waals surface area contributed by atoms with Crippen LogP contribution >= 0.6 is 11.3 Å². The van der Waals surface area contributed by atoms with E-state index in [1.807, 2.05) is 60.8 Å². The van der Waals surface area contributed by atoms with Crippen molar-refractivity contribution in [2.75, 3.05) is 23.7 Å². The van der Waals surface area contributed by atoms with E-state index >= 15 is 0 Å². The average molecular weight is 473 g/mol. The number of hydrogen-bond donors (Lipinski definition) is 3. The van der Waals surface area contributed by atoms with Gasteiger partial charge >= 0.3 is 0 Å².